The van der Waals surface area contributed by atoms with Gasteiger partial charge in [0, 0.05) is 11.0 Å². The minimum Gasteiger partial charge on any atom is -0.768 e. The van der Waals surface area contributed by atoms with Crippen molar-refractivity contribution in [2.45, 2.75) is 4.90 Å². The molecule has 1 atom stereocenters. The molecule has 0 aliphatic rings. The third kappa shape index (κ3) is 5.00. The number of hydrogen-bond donors (Lipinski definition) is 1. The van der Waals surface area contributed by atoms with Crippen LogP contribution in [0.2, 0.25) is 10.0 Å². The Bertz CT molecular complexity index is 826. The van der Waals surface area contributed by atoms with Gasteiger partial charge in [-0.25, -0.2) is 13.1 Å². The van der Waals surface area contributed by atoms with Crippen LogP contribution in [0.1, 0.15) is 0 Å². The van der Waals surface area contributed by atoms with Gasteiger partial charge in [0.15, 0.2) is 0 Å². The molecule has 0 saturated heterocycles. The van der Waals surface area contributed by atoms with E-state index < -0.39 is 21.1 Å². The molecule has 0 spiro atoms. The number of halogens is 2. The van der Waals surface area contributed by atoms with Gasteiger partial charge in [-0.3, -0.25) is 8.93 Å². The Morgan fingerprint density at radius 2 is 1.95 bits per heavy atom. The molecule has 1 N–H and O–H groups in total. The zero-order valence-electron chi connectivity index (χ0n) is 11.4. The Kier molecular flexibility index (Phi) is 7.52. The first-order valence-corrected chi connectivity index (χ1v) is 9.02. The molecule has 114 valence electrons. The third-order valence-corrected chi connectivity index (χ3v) is 4.35. The molecule has 22 heavy (non-hydrogen) atoms. The summed E-state index contributed by atoms with van der Waals surface area (Å²) in [5.74, 6) is 0.145. The van der Waals surface area contributed by atoms with Gasteiger partial charge in [0.25, 0.3) is 0 Å². The summed E-state index contributed by atoms with van der Waals surface area (Å²) in [6.45, 7) is 0. The molecule has 12 heteroatoms. The molecular weight excluding hydrogens is 400 g/mol. The van der Waals surface area contributed by atoms with Gasteiger partial charge in [0.2, 0.25) is 10.0 Å². The van der Waals surface area contributed by atoms with Gasteiger partial charge in [-0.2, -0.15) is 5.10 Å². The van der Waals surface area contributed by atoms with Crippen LogP contribution >= 0.6 is 23.2 Å². The zero-order valence-corrected chi connectivity index (χ0v) is 17.7. The number of rotatable bonds is 4. The second-order valence-corrected chi connectivity index (χ2v) is 7.44. The maximum absolute atomic E-state index is 11.3. The fourth-order valence-corrected chi connectivity index (χ4v) is 3.19. The number of sulfonamides is 1. The van der Waals surface area contributed by atoms with Crippen molar-refractivity contribution >= 4 is 50.1 Å². The molecule has 0 aliphatic heterocycles. The zero-order chi connectivity index (χ0) is 15.8. The fourth-order valence-electron chi connectivity index (χ4n) is 1.57. The predicted octanol–water partition coefficient (Wildman–Crippen LogP) is -1.21. The molecule has 1 aromatic carbocycles. The van der Waals surface area contributed by atoms with Gasteiger partial charge in [0.05, 0.1) is 28.2 Å². The van der Waals surface area contributed by atoms with Crippen LogP contribution in [0, 0.1) is 0 Å². The molecule has 1 heterocycles. The summed E-state index contributed by atoms with van der Waals surface area (Å²) in [6, 6.07) is 3.87. The standard InChI is InChI=1S/C10H9Cl2N3O4S2.K/c1-21(18,19)14-10-2-3-13-15(10)8-4-7(12)9(20(16)17)5-6(8)11;/h2-5,14H,1H3,(H,16,17);/q;+1/p-1. The van der Waals surface area contributed by atoms with E-state index in [0.29, 0.717) is 0 Å². The van der Waals surface area contributed by atoms with Crippen LogP contribution < -0.4 is 56.1 Å². The first-order valence-electron chi connectivity index (χ1n) is 5.29. The largest absolute Gasteiger partial charge is 1.00 e. The van der Waals surface area contributed by atoms with Gasteiger partial charge in [-0.15, -0.1) is 0 Å². The molecule has 0 aliphatic carbocycles. The van der Waals surface area contributed by atoms with Crippen LogP contribution in [0.4, 0.5) is 5.82 Å². The van der Waals surface area contributed by atoms with Crippen molar-refractivity contribution in [1.82, 2.24) is 9.78 Å². The van der Waals surface area contributed by atoms with Gasteiger partial charge in [0.1, 0.15) is 5.82 Å². The number of hydrogen-bond acceptors (Lipinski definition) is 5. The Morgan fingerprint density at radius 1 is 1.32 bits per heavy atom. The van der Waals surface area contributed by atoms with Crippen LogP contribution in [0.15, 0.2) is 29.3 Å². The molecule has 0 saturated carbocycles. The van der Waals surface area contributed by atoms with E-state index in [1.165, 1.54) is 23.0 Å². The molecule has 0 fully saturated rings. The van der Waals surface area contributed by atoms with E-state index in [9.17, 15) is 17.2 Å². The number of anilines is 1. The molecule has 2 aromatic rings. The molecule has 2 rings (SSSR count). The van der Waals surface area contributed by atoms with Crippen molar-refractivity contribution < 1.29 is 68.6 Å². The Labute approximate surface area is 182 Å². The molecule has 0 bridgehead atoms. The van der Waals surface area contributed by atoms with Crippen molar-refractivity contribution in [3.8, 4) is 5.69 Å². The predicted molar refractivity (Wildman–Crippen MR) is 79.2 cm³/mol. The maximum Gasteiger partial charge on any atom is 1.00 e. The second kappa shape index (κ2) is 8.06. The smallest absolute Gasteiger partial charge is 0.768 e. The number of benzene rings is 1. The van der Waals surface area contributed by atoms with E-state index in [0.717, 1.165) is 12.3 Å². The van der Waals surface area contributed by atoms with Crippen LogP contribution in [-0.2, 0) is 21.1 Å². The summed E-state index contributed by atoms with van der Waals surface area (Å²) in [5.41, 5.74) is 0.243. The number of nitrogens with one attached hydrogen (secondary N) is 1. The molecule has 1 unspecified atom stereocenters. The number of nitrogens with zero attached hydrogens (tertiary/aromatic N) is 2. The Balaban J connectivity index is 0.00000242. The van der Waals surface area contributed by atoms with Gasteiger partial charge >= 0.3 is 51.4 Å². The molecule has 7 nitrogen and oxygen atoms in total. The van der Waals surface area contributed by atoms with Crippen LogP contribution in [0.5, 0.6) is 0 Å². The van der Waals surface area contributed by atoms with E-state index in [1.54, 1.807) is 0 Å². The average Bonchev–Trinajstić information content (AvgIpc) is 2.76. The average molecular weight is 408 g/mol. The fraction of sp³-hybridized carbons (Fsp3) is 0.100. The van der Waals surface area contributed by atoms with Crippen LogP contribution in [0.25, 0.3) is 5.69 Å². The molecular formula is C10H8Cl2KN3O4S2. The summed E-state index contributed by atoms with van der Waals surface area (Å²) >= 11 is 9.34. The van der Waals surface area contributed by atoms with Crippen LogP contribution in [0.3, 0.4) is 0 Å². The SMILES string of the molecule is CS(=O)(=O)Nc1ccnn1-c1cc(Cl)c(S(=O)[O-])cc1Cl.[K+]. The summed E-state index contributed by atoms with van der Waals surface area (Å²) < 4.78 is 48.0. The topological polar surface area (TPSA) is 104 Å². The third-order valence-electron chi connectivity index (χ3n) is 2.34. The van der Waals surface area contributed by atoms with E-state index in [1.807, 2.05) is 0 Å². The van der Waals surface area contributed by atoms with Crippen molar-refractivity contribution in [2.24, 2.45) is 0 Å². The quantitative estimate of drug-likeness (QED) is 0.505. The molecule has 1 aromatic heterocycles. The van der Waals surface area contributed by atoms with Crippen LogP contribution in [-0.4, -0.2) is 33.2 Å². The normalized spacial score (nSPS) is 12.5. The van der Waals surface area contributed by atoms with Gasteiger partial charge in [-0.05, 0) is 23.2 Å². The minimum absolute atomic E-state index is 0. The van der Waals surface area contributed by atoms with Crippen molar-refractivity contribution in [3.63, 3.8) is 0 Å². The van der Waals surface area contributed by atoms with E-state index in [2.05, 4.69) is 9.82 Å². The van der Waals surface area contributed by atoms with E-state index >= 15 is 0 Å². The summed E-state index contributed by atoms with van der Waals surface area (Å²) in [4.78, 5) is -0.157. The van der Waals surface area contributed by atoms with E-state index in [4.69, 9.17) is 23.2 Å². The van der Waals surface area contributed by atoms with E-state index in [-0.39, 0.29) is 77.8 Å². The first kappa shape index (κ1) is 20.6. The van der Waals surface area contributed by atoms with Gasteiger partial charge in [-0.1, -0.05) is 23.2 Å². The Morgan fingerprint density at radius 3 is 2.50 bits per heavy atom. The Hall–Kier alpha value is 0.506. The van der Waals surface area contributed by atoms with Gasteiger partial charge < -0.3 is 4.55 Å². The summed E-state index contributed by atoms with van der Waals surface area (Å²) in [5, 5.41) is 3.94. The van der Waals surface area contributed by atoms with Crippen molar-refractivity contribution in [3.05, 3.63) is 34.4 Å². The minimum atomic E-state index is -3.51. The molecule has 0 amide bonds. The second-order valence-electron chi connectivity index (χ2n) is 3.97. The van der Waals surface area contributed by atoms with Crippen molar-refractivity contribution in [2.75, 3.05) is 11.0 Å². The first-order chi connectivity index (χ1) is 9.69. The monoisotopic (exact) mass is 407 g/mol. The summed E-state index contributed by atoms with van der Waals surface area (Å²) in [6.07, 6.45) is 2.35. The maximum atomic E-state index is 11.3. The van der Waals surface area contributed by atoms with Crippen molar-refractivity contribution in [1.29, 1.82) is 0 Å². The molecule has 0 radical (unpaired) electrons. The number of aromatic nitrogens is 2. The summed E-state index contributed by atoms with van der Waals surface area (Å²) in [7, 11) is -3.51.